The number of nitrogens with zero attached hydrogens (tertiary/aromatic N) is 1. The van der Waals surface area contributed by atoms with Gasteiger partial charge in [0.25, 0.3) is 17.7 Å². The molecule has 0 saturated carbocycles. The molecule has 1 fully saturated rings. The predicted octanol–water partition coefficient (Wildman–Crippen LogP) is 5.09. The van der Waals surface area contributed by atoms with E-state index in [0.29, 0.717) is 26.5 Å². The van der Waals surface area contributed by atoms with Gasteiger partial charge in [-0.3, -0.25) is 19.7 Å². The van der Waals surface area contributed by atoms with Crippen LogP contribution in [0.3, 0.4) is 0 Å². The van der Waals surface area contributed by atoms with Crippen molar-refractivity contribution < 1.29 is 23.9 Å². The van der Waals surface area contributed by atoms with E-state index in [0.717, 1.165) is 10.5 Å². The number of anilines is 2. The summed E-state index contributed by atoms with van der Waals surface area (Å²) >= 11 is 9.37. The number of carbonyl (C=O) groups excluding carboxylic acids is 4. The van der Waals surface area contributed by atoms with Gasteiger partial charge in [-0.15, -0.1) is 0 Å². The lowest BCUT2D eigenvalue weighted by Gasteiger charge is -2.26. The van der Waals surface area contributed by atoms with Crippen LogP contribution in [-0.2, 0) is 14.4 Å². The van der Waals surface area contributed by atoms with Crippen molar-refractivity contribution in [2.75, 3.05) is 16.8 Å². The van der Waals surface area contributed by atoms with Crippen LogP contribution in [0.4, 0.5) is 16.2 Å². The van der Waals surface area contributed by atoms with Crippen LogP contribution < -0.4 is 20.3 Å². The number of ether oxygens (including phenoxy) is 1. The normalized spacial score (nSPS) is 14.6. The lowest BCUT2D eigenvalue weighted by molar-refractivity contribution is -0.122. The fraction of sp³-hybridized carbons (Fsp3) is 0.0769. The van der Waals surface area contributed by atoms with E-state index in [-0.39, 0.29) is 23.8 Å². The summed E-state index contributed by atoms with van der Waals surface area (Å²) < 4.78 is 6.11. The maximum absolute atomic E-state index is 13.0. The number of imide groups is 2. The smallest absolute Gasteiger partial charge is 0.335 e. The van der Waals surface area contributed by atoms with E-state index in [2.05, 4.69) is 26.6 Å². The molecular formula is C26H19BrClN3O5. The first-order valence-electron chi connectivity index (χ1n) is 10.7. The summed E-state index contributed by atoms with van der Waals surface area (Å²) in [6.45, 7) is 1.67. The van der Waals surface area contributed by atoms with Crippen molar-refractivity contribution >= 4 is 68.7 Å². The summed E-state index contributed by atoms with van der Waals surface area (Å²) in [5.74, 6) is -1.52. The number of rotatable bonds is 6. The Morgan fingerprint density at radius 3 is 2.58 bits per heavy atom. The molecular weight excluding hydrogens is 550 g/mol. The van der Waals surface area contributed by atoms with Crippen LogP contribution in [0.15, 0.2) is 76.8 Å². The Hall–Kier alpha value is -3.95. The van der Waals surface area contributed by atoms with Crippen molar-refractivity contribution in [3.63, 3.8) is 0 Å². The number of amides is 5. The van der Waals surface area contributed by atoms with Gasteiger partial charge in [0.05, 0.1) is 10.2 Å². The monoisotopic (exact) mass is 567 g/mol. The maximum Gasteiger partial charge on any atom is 0.335 e. The molecule has 8 nitrogen and oxygen atoms in total. The summed E-state index contributed by atoms with van der Waals surface area (Å²) in [6, 6.07) is 17.6. The molecule has 1 aliphatic heterocycles. The molecule has 0 radical (unpaired) electrons. The largest absolute Gasteiger partial charge is 0.483 e. The molecule has 10 heteroatoms. The Labute approximate surface area is 220 Å². The molecule has 0 bridgehead atoms. The molecule has 5 amide bonds. The molecule has 0 aromatic heterocycles. The molecule has 0 aliphatic carbocycles. The third-order valence-corrected chi connectivity index (χ3v) is 6.07. The summed E-state index contributed by atoms with van der Waals surface area (Å²) in [6.07, 6.45) is 1.36. The van der Waals surface area contributed by atoms with Crippen molar-refractivity contribution in [1.82, 2.24) is 5.32 Å². The fourth-order valence-electron chi connectivity index (χ4n) is 3.44. The average molecular weight is 569 g/mol. The van der Waals surface area contributed by atoms with Crippen molar-refractivity contribution in [2.45, 2.75) is 6.92 Å². The number of hydrogen-bond acceptors (Lipinski definition) is 5. The highest BCUT2D eigenvalue weighted by atomic mass is 79.9. The van der Waals surface area contributed by atoms with Gasteiger partial charge in [-0.1, -0.05) is 41.9 Å². The number of para-hydroxylation sites is 1. The van der Waals surface area contributed by atoms with E-state index in [1.165, 1.54) is 18.2 Å². The van der Waals surface area contributed by atoms with Gasteiger partial charge in [-0.05, 0) is 76.5 Å². The highest BCUT2D eigenvalue weighted by Crippen LogP contribution is 2.29. The maximum atomic E-state index is 13.0. The standard InChI is InChI=1S/C26H19BrClN3O5/c1-15-5-2-3-8-21(15)29-23(32)14-36-22-10-9-16(12-20(22)27)11-19-24(33)30-26(35)31(25(19)34)18-7-4-6-17(28)13-18/h2-13H,14H2,1H3,(H,29,32)(H,30,33,35)/b19-11+. The average Bonchev–Trinajstić information content (AvgIpc) is 2.82. The van der Waals surface area contributed by atoms with Crippen LogP contribution in [0, 0.1) is 6.92 Å². The Bertz CT molecular complexity index is 1420. The van der Waals surface area contributed by atoms with E-state index >= 15 is 0 Å². The van der Waals surface area contributed by atoms with Gasteiger partial charge in [-0.2, -0.15) is 0 Å². The zero-order chi connectivity index (χ0) is 25.8. The molecule has 1 heterocycles. The first-order chi connectivity index (χ1) is 17.2. The van der Waals surface area contributed by atoms with Gasteiger partial charge < -0.3 is 10.1 Å². The Kier molecular flexibility index (Phi) is 7.52. The van der Waals surface area contributed by atoms with Gasteiger partial charge >= 0.3 is 6.03 Å². The highest BCUT2D eigenvalue weighted by Gasteiger charge is 2.36. The second-order valence-electron chi connectivity index (χ2n) is 7.78. The van der Waals surface area contributed by atoms with Crippen LogP contribution in [0.25, 0.3) is 6.08 Å². The van der Waals surface area contributed by atoms with E-state index in [1.54, 1.807) is 36.4 Å². The summed E-state index contributed by atoms with van der Waals surface area (Å²) in [5, 5.41) is 5.29. The number of benzene rings is 3. The lowest BCUT2D eigenvalue weighted by Crippen LogP contribution is -2.54. The number of urea groups is 1. The van der Waals surface area contributed by atoms with Crippen LogP contribution in [0.2, 0.25) is 5.02 Å². The molecule has 0 spiro atoms. The number of barbiturate groups is 1. The van der Waals surface area contributed by atoms with E-state index in [4.69, 9.17) is 16.3 Å². The molecule has 1 saturated heterocycles. The molecule has 3 aromatic carbocycles. The third kappa shape index (κ3) is 5.64. The van der Waals surface area contributed by atoms with Crippen LogP contribution in [0.1, 0.15) is 11.1 Å². The number of hydrogen-bond donors (Lipinski definition) is 2. The van der Waals surface area contributed by atoms with E-state index in [1.807, 2.05) is 25.1 Å². The first kappa shape index (κ1) is 25.2. The Morgan fingerprint density at radius 2 is 1.86 bits per heavy atom. The molecule has 0 atom stereocenters. The minimum absolute atomic E-state index is 0.217. The quantitative estimate of drug-likeness (QED) is 0.318. The third-order valence-electron chi connectivity index (χ3n) is 5.21. The van der Waals surface area contributed by atoms with Gasteiger partial charge in [0, 0.05) is 10.7 Å². The fourth-order valence-corrected chi connectivity index (χ4v) is 4.14. The first-order valence-corrected chi connectivity index (χ1v) is 11.8. The van der Waals surface area contributed by atoms with Crippen molar-refractivity contribution in [1.29, 1.82) is 0 Å². The van der Waals surface area contributed by atoms with Gasteiger partial charge in [-0.25, -0.2) is 9.69 Å². The molecule has 4 rings (SSSR count). The molecule has 1 aliphatic rings. The predicted molar refractivity (Wildman–Crippen MR) is 140 cm³/mol. The van der Waals surface area contributed by atoms with Crippen molar-refractivity contribution in [2.24, 2.45) is 0 Å². The SMILES string of the molecule is Cc1ccccc1NC(=O)COc1ccc(/C=C2\C(=O)NC(=O)N(c3cccc(Cl)c3)C2=O)cc1Br. The van der Waals surface area contributed by atoms with Crippen LogP contribution in [0.5, 0.6) is 5.75 Å². The topological polar surface area (TPSA) is 105 Å². The number of carbonyl (C=O) groups is 4. The van der Waals surface area contributed by atoms with E-state index in [9.17, 15) is 19.2 Å². The van der Waals surface area contributed by atoms with Gasteiger partial charge in [0.1, 0.15) is 11.3 Å². The van der Waals surface area contributed by atoms with E-state index < -0.39 is 17.8 Å². The van der Waals surface area contributed by atoms with Crippen LogP contribution in [-0.4, -0.2) is 30.4 Å². The second-order valence-corrected chi connectivity index (χ2v) is 9.07. The number of halogens is 2. The van der Waals surface area contributed by atoms with Gasteiger partial charge in [0.15, 0.2) is 6.61 Å². The zero-order valence-corrected chi connectivity index (χ0v) is 21.2. The van der Waals surface area contributed by atoms with Gasteiger partial charge in [0.2, 0.25) is 0 Å². The Balaban J connectivity index is 1.48. The second kappa shape index (κ2) is 10.8. The van der Waals surface area contributed by atoms with Crippen LogP contribution >= 0.6 is 27.5 Å². The molecule has 0 unspecified atom stereocenters. The molecule has 36 heavy (non-hydrogen) atoms. The summed E-state index contributed by atoms with van der Waals surface area (Å²) in [4.78, 5) is 50.9. The molecule has 3 aromatic rings. The number of nitrogens with one attached hydrogen (secondary N) is 2. The Morgan fingerprint density at radius 1 is 1.08 bits per heavy atom. The summed E-state index contributed by atoms with van der Waals surface area (Å²) in [5.41, 5.74) is 2.14. The zero-order valence-electron chi connectivity index (χ0n) is 18.9. The molecule has 182 valence electrons. The van der Waals surface area contributed by atoms with Crippen molar-refractivity contribution in [3.05, 3.63) is 92.9 Å². The minimum Gasteiger partial charge on any atom is -0.483 e. The lowest BCUT2D eigenvalue weighted by atomic mass is 10.1. The highest BCUT2D eigenvalue weighted by molar-refractivity contribution is 9.10. The minimum atomic E-state index is -0.863. The van der Waals surface area contributed by atoms with Crippen molar-refractivity contribution in [3.8, 4) is 5.75 Å². The number of aryl methyl sites for hydroxylation is 1. The summed E-state index contributed by atoms with van der Waals surface area (Å²) in [7, 11) is 0. The molecule has 2 N–H and O–H groups in total.